The lowest BCUT2D eigenvalue weighted by Crippen LogP contribution is -2.41. The summed E-state index contributed by atoms with van der Waals surface area (Å²) in [6.07, 6.45) is 2.95. The zero-order chi connectivity index (χ0) is 20.6. The van der Waals surface area contributed by atoms with Crippen LogP contribution in [0.1, 0.15) is 57.7 Å². The van der Waals surface area contributed by atoms with Crippen molar-refractivity contribution in [3.05, 3.63) is 38.4 Å². The van der Waals surface area contributed by atoms with Gasteiger partial charge >= 0.3 is 0 Å². The van der Waals surface area contributed by atoms with E-state index in [2.05, 4.69) is 26.1 Å². The van der Waals surface area contributed by atoms with Crippen LogP contribution in [-0.4, -0.2) is 43.0 Å². The van der Waals surface area contributed by atoms with Crippen LogP contribution in [0.4, 0.5) is 5.00 Å². The fourth-order valence-corrected chi connectivity index (χ4v) is 6.07. The molecule has 0 saturated carbocycles. The maximum absolute atomic E-state index is 13.4. The van der Waals surface area contributed by atoms with Gasteiger partial charge in [0.2, 0.25) is 0 Å². The molecule has 2 aromatic heterocycles. The van der Waals surface area contributed by atoms with Crippen molar-refractivity contribution < 1.29 is 14.3 Å². The number of carbonyl (C=O) groups is 2. The fourth-order valence-electron chi connectivity index (χ4n) is 4.14. The summed E-state index contributed by atoms with van der Waals surface area (Å²) in [5.74, 6) is 0.476. The van der Waals surface area contributed by atoms with E-state index in [0.29, 0.717) is 47.7 Å². The lowest BCUT2D eigenvalue weighted by atomic mass is 9.72. The van der Waals surface area contributed by atoms with E-state index in [4.69, 9.17) is 4.74 Å². The molecule has 0 unspecified atom stereocenters. The molecular formula is C22H28N2O3S2. The van der Waals surface area contributed by atoms with Crippen LogP contribution in [0, 0.1) is 11.3 Å². The number of hydrogen-bond donors (Lipinski definition) is 1. The second-order valence-electron chi connectivity index (χ2n) is 8.85. The van der Waals surface area contributed by atoms with Gasteiger partial charge in [-0.1, -0.05) is 26.8 Å². The van der Waals surface area contributed by atoms with Crippen molar-refractivity contribution in [1.29, 1.82) is 0 Å². The Kier molecular flexibility index (Phi) is 5.82. The highest BCUT2D eigenvalue weighted by atomic mass is 32.1. The van der Waals surface area contributed by atoms with Crippen molar-refractivity contribution in [2.24, 2.45) is 11.3 Å². The number of rotatable bonds is 3. The van der Waals surface area contributed by atoms with Gasteiger partial charge < -0.3 is 15.0 Å². The highest BCUT2D eigenvalue weighted by Crippen LogP contribution is 2.44. The van der Waals surface area contributed by atoms with Gasteiger partial charge in [0.15, 0.2) is 0 Å². The van der Waals surface area contributed by atoms with E-state index >= 15 is 0 Å². The van der Waals surface area contributed by atoms with Crippen molar-refractivity contribution in [2.75, 3.05) is 31.6 Å². The van der Waals surface area contributed by atoms with Crippen LogP contribution in [-0.2, 0) is 17.6 Å². The van der Waals surface area contributed by atoms with Gasteiger partial charge in [-0.3, -0.25) is 9.59 Å². The number of fused-ring (bicyclic) bond motifs is 1. The van der Waals surface area contributed by atoms with Crippen molar-refractivity contribution in [3.8, 4) is 0 Å². The molecular weight excluding hydrogens is 404 g/mol. The molecule has 156 valence electrons. The third-order valence-electron chi connectivity index (χ3n) is 5.97. The normalized spacial score (nSPS) is 19.7. The van der Waals surface area contributed by atoms with Crippen LogP contribution >= 0.6 is 22.7 Å². The molecule has 1 atom stereocenters. The molecule has 1 aliphatic carbocycles. The summed E-state index contributed by atoms with van der Waals surface area (Å²) in [5.41, 5.74) is 2.09. The van der Waals surface area contributed by atoms with Crippen LogP contribution < -0.4 is 5.32 Å². The number of hydrogen-bond acceptors (Lipinski definition) is 5. The Labute approximate surface area is 180 Å². The first-order valence-corrected chi connectivity index (χ1v) is 11.9. The molecule has 5 nitrogen and oxygen atoms in total. The molecule has 0 radical (unpaired) electrons. The zero-order valence-corrected chi connectivity index (χ0v) is 18.9. The molecule has 7 heteroatoms. The van der Waals surface area contributed by atoms with Crippen molar-refractivity contribution in [1.82, 2.24) is 4.90 Å². The summed E-state index contributed by atoms with van der Waals surface area (Å²) >= 11 is 3.01. The number of anilines is 1. The number of ether oxygens (including phenoxy) is 1. The molecule has 0 bridgehead atoms. The summed E-state index contributed by atoms with van der Waals surface area (Å²) in [4.78, 5) is 29.9. The van der Waals surface area contributed by atoms with Gasteiger partial charge in [0, 0.05) is 18.0 Å². The maximum Gasteiger partial charge on any atom is 0.266 e. The van der Waals surface area contributed by atoms with E-state index in [1.165, 1.54) is 16.2 Å². The molecule has 1 saturated heterocycles. The maximum atomic E-state index is 13.4. The molecule has 0 spiro atoms. The van der Waals surface area contributed by atoms with Crippen LogP contribution in [0.5, 0.6) is 0 Å². The number of amides is 2. The van der Waals surface area contributed by atoms with Gasteiger partial charge in [0.1, 0.15) is 5.00 Å². The fraction of sp³-hybridized carbons (Fsp3) is 0.545. The van der Waals surface area contributed by atoms with E-state index in [0.717, 1.165) is 24.8 Å². The third-order valence-corrected chi connectivity index (χ3v) is 8.01. The van der Waals surface area contributed by atoms with Crippen LogP contribution in [0.3, 0.4) is 0 Å². The Morgan fingerprint density at radius 3 is 2.66 bits per heavy atom. The van der Waals surface area contributed by atoms with Gasteiger partial charge in [-0.2, -0.15) is 0 Å². The average Bonchev–Trinajstić information content (AvgIpc) is 3.34. The minimum Gasteiger partial charge on any atom is -0.378 e. The van der Waals surface area contributed by atoms with Crippen molar-refractivity contribution in [2.45, 2.75) is 40.0 Å². The van der Waals surface area contributed by atoms with Crippen LogP contribution in [0.2, 0.25) is 0 Å². The summed E-state index contributed by atoms with van der Waals surface area (Å²) in [5, 5.41) is 5.65. The van der Waals surface area contributed by atoms with Crippen LogP contribution in [0.15, 0.2) is 17.5 Å². The minimum absolute atomic E-state index is 0.0292. The summed E-state index contributed by atoms with van der Waals surface area (Å²) in [7, 11) is 0. The molecule has 1 aliphatic heterocycles. The molecule has 3 heterocycles. The van der Waals surface area contributed by atoms with Gasteiger partial charge in [0.25, 0.3) is 11.8 Å². The van der Waals surface area contributed by atoms with E-state index in [9.17, 15) is 9.59 Å². The molecule has 29 heavy (non-hydrogen) atoms. The molecule has 4 rings (SSSR count). The Morgan fingerprint density at radius 1 is 1.24 bits per heavy atom. The molecule has 2 aliphatic rings. The van der Waals surface area contributed by atoms with Gasteiger partial charge in [-0.05, 0) is 47.6 Å². The van der Waals surface area contributed by atoms with Gasteiger partial charge in [-0.25, -0.2) is 0 Å². The van der Waals surface area contributed by atoms with E-state index < -0.39 is 0 Å². The largest absolute Gasteiger partial charge is 0.378 e. The first kappa shape index (κ1) is 20.6. The average molecular weight is 433 g/mol. The second kappa shape index (κ2) is 8.20. The number of morpholine rings is 1. The first-order chi connectivity index (χ1) is 13.8. The van der Waals surface area contributed by atoms with E-state index in [1.807, 2.05) is 22.4 Å². The molecule has 1 fully saturated rings. The Bertz CT molecular complexity index is 890. The van der Waals surface area contributed by atoms with Gasteiger partial charge in [-0.15, -0.1) is 22.7 Å². The van der Waals surface area contributed by atoms with E-state index in [1.54, 1.807) is 11.3 Å². The molecule has 2 aromatic rings. The Morgan fingerprint density at radius 2 is 2.00 bits per heavy atom. The molecule has 2 amide bonds. The first-order valence-electron chi connectivity index (χ1n) is 10.2. The van der Waals surface area contributed by atoms with Gasteiger partial charge in [0.05, 0.1) is 23.7 Å². The SMILES string of the molecule is CC(C)(C)[C@@H]1CCc2c(sc(NC(=O)c3cccs3)c2C(=O)N2CCOCC2)C1. The summed E-state index contributed by atoms with van der Waals surface area (Å²) in [6.45, 7) is 9.21. The second-order valence-corrected chi connectivity index (χ2v) is 10.9. The Hall–Kier alpha value is -1.70. The third kappa shape index (κ3) is 4.27. The Balaban J connectivity index is 1.68. The lowest BCUT2D eigenvalue weighted by Gasteiger charge is -2.34. The summed E-state index contributed by atoms with van der Waals surface area (Å²) in [6, 6.07) is 3.68. The zero-order valence-electron chi connectivity index (χ0n) is 17.2. The highest BCUT2D eigenvalue weighted by molar-refractivity contribution is 7.17. The quantitative estimate of drug-likeness (QED) is 0.766. The van der Waals surface area contributed by atoms with Crippen molar-refractivity contribution in [3.63, 3.8) is 0 Å². The minimum atomic E-state index is -0.137. The highest BCUT2D eigenvalue weighted by Gasteiger charge is 2.35. The number of carbonyl (C=O) groups excluding carboxylic acids is 2. The number of thiophene rings is 2. The standard InChI is InChI=1S/C22H28N2O3S2/c1-22(2,3)14-6-7-15-17(13-14)29-20(23-19(25)16-5-4-12-28-16)18(15)21(26)24-8-10-27-11-9-24/h4-5,12,14H,6-11,13H2,1-3H3,(H,23,25)/t14-/m1/s1. The monoisotopic (exact) mass is 432 g/mol. The lowest BCUT2D eigenvalue weighted by molar-refractivity contribution is 0.0303. The smallest absolute Gasteiger partial charge is 0.266 e. The van der Waals surface area contributed by atoms with E-state index in [-0.39, 0.29) is 17.2 Å². The van der Waals surface area contributed by atoms with Crippen LogP contribution in [0.25, 0.3) is 0 Å². The molecule has 1 N–H and O–H groups in total. The topological polar surface area (TPSA) is 58.6 Å². The predicted octanol–water partition coefficient (Wildman–Crippen LogP) is 4.69. The molecule has 0 aromatic carbocycles. The van der Waals surface area contributed by atoms with Crippen molar-refractivity contribution >= 4 is 39.5 Å². The summed E-state index contributed by atoms with van der Waals surface area (Å²) < 4.78 is 5.42. The predicted molar refractivity (Wildman–Crippen MR) is 118 cm³/mol. The number of nitrogens with one attached hydrogen (secondary N) is 1. The number of nitrogens with zero attached hydrogens (tertiary/aromatic N) is 1.